The lowest BCUT2D eigenvalue weighted by Crippen LogP contribution is -2.36. The van der Waals surface area contributed by atoms with Crippen molar-refractivity contribution >= 4 is 18.0 Å². The Labute approximate surface area is 206 Å². The molecular formula is C32H35BO. The van der Waals surface area contributed by atoms with Crippen molar-refractivity contribution in [1.29, 1.82) is 0 Å². The largest absolute Gasteiger partial charge is 0.551 e. The van der Waals surface area contributed by atoms with E-state index >= 15 is 0 Å². The molecular weight excluding hydrogens is 411 g/mol. The molecule has 1 aliphatic heterocycles. The SMILES string of the molecule is CCC1=C(CC)C(CC)=C(CC)C(=C(c2ccccc2)c2ccccc2)OB1c1ccccc1. The van der Waals surface area contributed by atoms with Gasteiger partial charge in [-0.3, -0.25) is 0 Å². The van der Waals surface area contributed by atoms with Crippen molar-refractivity contribution in [2.75, 3.05) is 0 Å². The lowest BCUT2D eigenvalue weighted by atomic mass is 9.52. The normalized spacial score (nSPS) is 14.2. The topological polar surface area (TPSA) is 9.23 Å². The van der Waals surface area contributed by atoms with Crippen LogP contribution in [0.5, 0.6) is 0 Å². The quantitative estimate of drug-likeness (QED) is 0.333. The summed E-state index contributed by atoms with van der Waals surface area (Å²) in [7, 11) is 0. The molecule has 0 bridgehead atoms. The molecule has 1 aliphatic rings. The van der Waals surface area contributed by atoms with Gasteiger partial charge in [0.05, 0.1) is 0 Å². The third-order valence-corrected chi connectivity index (χ3v) is 6.84. The first-order valence-electron chi connectivity index (χ1n) is 12.7. The molecule has 1 heterocycles. The first kappa shape index (κ1) is 23.9. The molecule has 0 spiro atoms. The molecule has 0 amide bonds. The molecule has 0 saturated carbocycles. The first-order chi connectivity index (χ1) is 16.7. The molecule has 3 aromatic rings. The van der Waals surface area contributed by atoms with Gasteiger partial charge >= 0.3 is 6.92 Å². The zero-order valence-electron chi connectivity index (χ0n) is 21.0. The Hall–Kier alpha value is -3.26. The van der Waals surface area contributed by atoms with Crippen molar-refractivity contribution in [1.82, 2.24) is 0 Å². The molecule has 0 saturated heterocycles. The molecule has 1 nitrogen and oxygen atoms in total. The third-order valence-electron chi connectivity index (χ3n) is 6.84. The van der Waals surface area contributed by atoms with Gasteiger partial charge in [0, 0.05) is 5.57 Å². The van der Waals surface area contributed by atoms with Gasteiger partial charge in [0.2, 0.25) is 0 Å². The number of hydrogen-bond donors (Lipinski definition) is 0. The van der Waals surface area contributed by atoms with Crippen LogP contribution in [0.25, 0.3) is 5.57 Å². The van der Waals surface area contributed by atoms with E-state index in [1.54, 1.807) is 0 Å². The Kier molecular flexibility index (Phi) is 7.90. The Bertz CT molecular complexity index is 1150. The Balaban J connectivity index is 2.10. The van der Waals surface area contributed by atoms with Gasteiger partial charge in [0.1, 0.15) is 5.76 Å². The van der Waals surface area contributed by atoms with E-state index in [9.17, 15) is 0 Å². The molecule has 0 unspecified atom stereocenters. The summed E-state index contributed by atoms with van der Waals surface area (Å²) in [6.07, 6.45) is 3.93. The summed E-state index contributed by atoms with van der Waals surface area (Å²) < 4.78 is 7.20. The van der Waals surface area contributed by atoms with Crippen LogP contribution >= 0.6 is 0 Å². The van der Waals surface area contributed by atoms with Gasteiger partial charge in [0.25, 0.3) is 0 Å². The van der Waals surface area contributed by atoms with E-state index < -0.39 is 0 Å². The minimum atomic E-state index is -0.0934. The van der Waals surface area contributed by atoms with E-state index in [1.165, 1.54) is 44.4 Å². The monoisotopic (exact) mass is 446 g/mol. The molecule has 2 heteroatoms. The summed E-state index contributed by atoms with van der Waals surface area (Å²) in [5.41, 5.74) is 10.5. The van der Waals surface area contributed by atoms with Gasteiger partial charge < -0.3 is 4.65 Å². The molecule has 34 heavy (non-hydrogen) atoms. The summed E-state index contributed by atoms with van der Waals surface area (Å²) in [6.45, 7) is 9.03. The van der Waals surface area contributed by atoms with Gasteiger partial charge in [-0.2, -0.15) is 0 Å². The second kappa shape index (κ2) is 11.2. The van der Waals surface area contributed by atoms with Crippen LogP contribution in [0.15, 0.2) is 119 Å². The maximum Gasteiger partial charge on any atom is 0.422 e. The van der Waals surface area contributed by atoms with Crippen molar-refractivity contribution in [2.24, 2.45) is 0 Å². The summed E-state index contributed by atoms with van der Waals surface area (Å²) >= 11 is 0. The Morgan fingerprint density at radius 1 is 0.559 bits per heavy atom. The average Bonchev–Trinajstić information content (AvgIpc) is 3.04. The number of rotatable bonds is 7. The van der Waals surface area contributed by atoms with Crippen LogP contribution in [-0.2, 0) is 4.65 Å². The van der Waals surface area contributed by atoms with Crippen LogP contribution in [0.1, 0.15) is 64.5 Å². The molecule has 0 aromatic heterocycles. The highest BCUT2D eigenvalue weighted by molar-refractivity contribution is 6.74. The van der Waals surface area contributed by atoms with Gasteiger partial charge in [0.15, 0.2) is 0 Å². The highest BCUT2D eigenvalue weighted by atomic mass is 16.4. The smallest absolute Gasteiger partial charge is 0.422 e. The van der Waals surface area contributed by atoms with E-state index in [1.807, 2.05) is 0 Å². The second-order valence-electron chi connectivity index (χ2n) is 8.72. The third kappa shape index (κ3) is 4.68. The van der Waals surface area contributed by atoms with Crippen molar-refractivity contribution in [3.63, 3.8) is 0 Å². The van der Waals surface area contributed by atoms with Crippen LogP contribution in [0, 0.1) is 0 Å². The van der Waals surface area contributed by atoms with Gasteiger partial charge in [-0.15, -0.1) is 0 Å². The van der Waals surface area contributed by atoms with Crippen molar-refractivity contribution in [2.45, 2.75) is 53.4 Å². The zero-order valence-corrected chi connectivity index (χ0v) is 21.0. The van der Waals surface area contributed by atoms with E-state index in [2.05, 4.69) is 119 Å². The lowest BCUT2D eigenvalue weighted by Gasteiger charge is -2.24. The minimum absolute atomic E-state index is 0.0934. The minimum Gasteiger partial charge on any atom is -0.551 e. The predicted octanol–water partition coefficient (Wildman–Crippen LogP) is 8.15. The zero-order chi connectivity index (χ0) is 23.9. The van der Waals surface area contributed by atoms with Crippen molar-refractivity contribution in [3.8, 4) is 0 Å². The standard InChI is InChI=1S/C32H35BO/c1-5-27-28(6-2)30(8-4)33(26-22-16-11-17-23-26)34-32(29(27)7-3)31(24-18-12-9-13-19-24)25-20-14-10-15-21-25/h9-23H,5-8H2,1-4H3. The Morgan fingerprint density at radius 3 is 1.47 bits per heavy atom. The number of benzene rings is 3. The van der Waals surface area contributed by atoms with E-state index in [4.69, 9.17) is 4.65 Å². The van der Waals surface area contributed by atoms with Crippen molar-refractivity contribution in [3.05, 3.63) is 130 Å². The molecule has 0 aliphatic carbocycles. The maximum atomic E-state index is 7.20. The molecule has 0 N–H and O–H groups in total. The summed E-state index contributed by atoms with van der Waals surface area (Å²) in [4.78, 5) is 0. The van der Waals surface area contributed by atoms with Gasteiger partial charge in [-0.25, -0.2) is 0 Å². The number of hydrogen-bond acceptors (Lipinski definition) is 1. The van der Waals surface area contributed by atoms with E-state index in [0.717, 1.165) is 31.4 Å². The summed E-state index contributed by atoms with van der Waals surface area (Å²) in [5, 5.41) is 0. The van der Waals surface area contributed by atoms with Crippen LogP contribution in [0.4, 0.5) is 0 Å². The molecule has 0 radical (unpaired) electrons. The first-order valence-corrected chi connectivity index (χ1v) is 12.7. The number of allylic oxidation sites excluding steroid dienone is 4. The van der Waals surface area contributed by atoms with Crippen LogP contribution in [0.3, 0.4) is 0 Å². The predicted molar refractivity (Wildman–Crippen MR) is 147 cm³/mol. The molecule has 172 valence electrons. The highest BCUT2D eigenvalue weighted by Gasteiger charge is 2.34. The molecule has 4 rings (SSSR count). The fourth-order valence-corrected chi connectivity index (χ4v) is 5.32. The van der Waals surface area contributed by atoms with Gasteiger partial charge in [-0.1, -0.05) is 124 Å². The van der Waals surface area contributed by atoms with Crippen LogP contribution in [-0.4, -0.2) is 6.92 Å². The Morgan fingerprint density at radius 2 is 1.03 bits per heavy atom. The second-order valence-corrected chi connectivity index (χ2v) is 8.72. The molecule has 3 aromatic carbocycles. The molecule has 0 fully saturated rings. The fourth-order valence-electron chi connectivity index (χ4n) is 5.32. The lowest BCUT2D eigenvalue weighted by molar-refractivity contribution is 0.457. The van der Waals surface area contributed by atoms with E-state index in [0.29, 0.717) is 0 Å². The van der Waals surface area contributed by atoms with Crippen molar-refractivity contribution < 1.29 is 4.65 Å². The fraction of sp³-hybridized carbons (Fsp3) is 0.250. The summed E-state index contributed by atoms with van der Waals surface area (Å²) in [5.74, 6) is 1.03. The van der Waals surface area contributed by atoms with Crippen LogP contribution < -0.4 is 5.46 Å². The highest BCUT2D eigenvalue weighted by Crippen LogP contribution is 2.41. The maximum absolute atomic E-state index is 7.20. The average molecular weight is 446 g/mol. The van der Waals surface area contributed by atoms with Crippen LogP contribution in [0.2, 0.25) is 0 Å². The van der Waals surface area contributed by atoms with Gasteiger partial charge in [-0.05, 0) is 58.9 Å². The van der Waals surface area contributed by atoms with E-state index in [-0.39, 0.29) is 6.92 Å². The molecule has 0 atom stereocenters. The summed E-state index contributed by atoms with van der Waals surface area (Å²) in [6, 6.07) is 32.2.